The molecular formula is C39H23N3O2. The molecule has 0 fully saturated rings. The summed E-state index contributed by atoms with van der Waals surface area (Å²) in [6.07, 6.45) is 0. The Morgan fingerprint density at radius 2 is 0.886 bits per heavy atom. The zero-order chi connectivity index (χ0) is 29.0. The first-order valence-electron chi connectivity index (χ1n) is 14.5. The molecule has 0 radical (unpaired) electrons. The van der Waals surface area contributed by atoms with Gasteiger partial charge in [0, 0.05) is 38.2 Å². The van der Waals surface area contributed by atoms with Gasteiger partial charge in [-0.15, -0.1) is 0 Å². The standard InChI is InChI=1S/C39H23N3O2/c1-3-12-24(13-4-1)26-22-23-30(34-29-17-8-10-21-33(29)44-36(26)34)38-40-37(25-14-5-2-6-15-25)41-39(42-38)31-19-11-18-28-27-16-7-9-20-32(27)43-35(28)31/h1-23H. The van der Waals surface area contributed by atoms with E-state index in [-0.39, 0.29) is 0 Å². The van der Waals surface area contributed by atoms with Crippen LogP contribution in [0.2, 0.25) is 0 Å². The fourth-order valence-electron chi connectivity index (χ4n) is 6.12. The molecule has 0 unspecified atom stereocenters. The Morgan fingerprint density at radius 1 is 0.341 bits per heavy atom. The van der Waals surface area contributed by atoms with Gasteiger partial charge in [0.15, 0.2) is 17.5 Å². The zero-order valence-electron chi connectivity index (χ0n) is 23.4. The third-order valence-corrected chi connectivity index (χ3v) is 8.16. The third-order valence-electron chi connectivity index (χ3n) is 8.16. The van der Waals surface area contributed by atoms with E-state index in [0.29, 0.717) is 17.5 Å². The molecule has 5 heteroatoms. The predicted molar refractivity (Wildman–Crippen MR) is 176 cm³/mol. The van der Waals surface area contributed by atoms with E-state index in [4.69, 9.17) is 23.8 Å². The highest BCUT2D eigenvalue weighted by atomic mass is 16.3. The van der Waals surface area contributed by atoms with Crippen LogP contribution in [0.5, 0.6) is 0 Å². The van der Waals surface area contributed by atoms with Gasteiger partial charge in [0.05, 0.1) is 5.56 Å². The highest BCUT2D eigenvalue weighted by Gasteiger charge is 2.22. The van der Waals surface area contributed by atoms with E-state index in [1.54, 1.807) is 0 Å². The maximum absolute atomic E-state index is 6.54. The van der Waals surface area contributed by atoms with Crippen LogP contribution >= 0.6 is 0 Å². The number of hydrogen-bond acceptors (Lipinski definition) is 5. The molecule has 3 aromatic heterocycles. The smallest absolute Gasteiger partial charge is 0.167 e. The van der Waals surface area contributed by atoms with Crippen LogP contribution in [0.25, 0.3) is 89.2 Å². The molecule has 0 spiro atoms. The quantitative estimate of drug-likeness (QED) is 0.212. The Morgan fingerprint density at radius 3 is 1.66 bits per heavy atom. The second-order valence-corrected chi connectivity index (χ2v) is 10.8. The topological polar surface area (TPSA) is 65.0 Å². The molecule has 44 heavy (non-hydrogen) atoms. The molecule has 206 valence electrons. The summed E-state index contributed by atoms with van der Waals surface area (Å²) in [5, 5.41) is 4.07. The molecule has 0 aliphatic carbocycles. The van der Waals surface area contributed by atoms with Gasteiger partial charge in [-0.25, -0.2) is 15.0 Å². The molecule has 9 rings (SSSR count). The van der Waals surface area contributed by atoms with Crippen molar-refractivity contribution in [2.45, 2.75) is 0 Å². The second-order valence-electron chi connectivity index (χ2n) is 10.8. The lowest BCUT2D eigenvalue weighted by atomic mass is 9.98. The van der Waals surface area contributed by atoms with Crippen molar-refractivity contribution in [2.75, 3.05) is 0 Å². The lowest BCUT2D eigenvalue weighted by Crippen LogP contribution is -2.00. The number of hydrogen-bond donors (Lipinski definition) is 0. The number of rotatable bonds is 4. The van der Waals surface area contributed by atoms with Gasteiger partial charge in [-0.05, 0) is 35.9 Å². The van der Waals surface area contributed by atoms with Crippen LogP contribution in [0.15, 0.2) is 148 Å². The van der Waals surface area contributed by atoms with Crippen LogP contribution < -0.4 is 0 Å². The van der Waals surface area contributed by atoms with Gasteiger partial charge in [-0.3, -0.25) is 0 Å². The number of fused-ring (bicyclic) bond motifs is 6. The molecule has 0 bridgehead atoms. The molecule has 0 N–H and O–H groups in total. The molecule has 3 heterocycles. The maximum Gasteiger partial charge on any atom is 0.167 e. The fourth-order valence-corrected chi connectivity index (χ4v) is 6.12. The highest BCUT2D eigenvalue weighted by molar-refractivity contribution is 6.16. The van der Waals surface area contributed by atoms with Crippen molar-refractivity contribution in [3.63, 3.8) is 0 Å². The van der Waals surface area contributed by atoms with Crippen molar-refractivity contribution in [2.24, 2.45) is 0 Å². The molecule has 0 amide bonds. The summed E-state index contributed by atoms with van der Waals surface area (Å²) in [7, 11) is 0. The van der Waals surface area contributed by atoms with E-state index in [9.17, 15) is 0 Å². The van der Waals surface area contributed by atoms with Gasteiger partial charge in [0.25, 0.3) is 0 Å². The van der Waals surface area contributed by atoms with Gasteiger partial charge >= 0.3 is 0 Å². The lowest BCUT2D eigenvalue weighted by Gasteiger charge is -2.11. The highest BCUT2D eigenvalue weighted by Crippen LogP contribution is 2.42. The summed E-state index contributed by atoms with van der Waals surface area (Å²) in [5.74, 6) is 1.71. The molecule has 6 aromatic carbocycles. The first-order chi connectivity index (χ1) is 21.8. The van der Waals surface area contributed by atoms with Crippen molar-refractivity contribution in [1.82, 2.24) is 15.0 Å². The van der Waals surface area contributed by atoms with Crippen LogP contribution in [-0.4, -0.2) is 15.0 Å². The van der Waals surface area contributed by atoms with Crippen LogP contribution in [0.3, 0.4) is 0 Å². The summed E-state index contributed by atoms with van der Waals surface area (Å²) in [4.78, 5) is 15.2. The SMILES string of the molecule is c1ccc(-c2nc(-c3cccc4c3oc3ccccc34)nc(-c3ccc(-c4ccccc4)c4oc5ccccc5c34)n2)cc1. The Bertz CT molecular complexity index is 2500. The van der Waals surface area contributed by atoms with Crippen molar-refractivity contribution < 1.29 is 8.83 Å². The molecular weight excluding hydrogens is 542 g/mol. The largest absolute Gasteiger partial charge is 0.455 e. The van der Waals surface area contributed by atoms with E-state index in [1.807, 2.05) is 97.1 Å². The average Bonchev–Trinajstić information content (AvgIpc) is 3.68. The van der Waals surface area contributed by atoms with Crippen LogP contribution in [0, 0.1) is 0 Å². The number of para-hydroxylation sites is 3. The zero-order valence-corrected chi connectivity index (χ0v) is 23.4. The van der Waals surface area contributed by atoms with Crippen molar-refractivity contribution >= 4 is 43.9 Å². The summed E-state index contributed by atoms with van der Waals surface area (Å²) in [6.45, 7) is 0. The monoisotopic (exact) mass is 565 g/mol. The Kier molecular flexibility index (Phi) is 5.43. The molecule has 0 saturated heterocycles. The van der Waals surface area contributed by atoms with E-state index >= 15 is 0 Å². The van der Waals surface area contributed by atoms with Gasteiger partial charge in [0.1, 0.15) is 22.3 Å². The number of nitrogens with zero attached hydrogens (tertiary/aromatic N) is 3. The van der Waals surface area contributed by atoms with Crippen molar-refractivity contribution in [1.29, 1.82) is 0 Å². The number of benzene rings is 6. The Hall–Kier alpha value is -6.07. The molecule has 9 aromatic rings. The molecule has 0 atom stereocenters. The van der Waals surface area contributed by atoms with E-state index < -0.39 is 0 Å². The van der Waals surface area contributed by atoms with Crippen LogP contribution in [-0.2, 0) is 0 Å². The van der Waals surface area contributed by atoms with Crippen LogP contribution in [0.1, 0.15) is 0 Å². The maximum atomic E-state index is 6.54. The van der Waals surface area contributed by atoms with Crippen molar-refractivity contribution in [3.8, 4) is 45.3 Å². The summed E-state index contributed by atoms with van der Waals surface area (Å²) in [6, 6.07) is 46.9. The van der Waals surface area contributed by atoms with E-state index in [1.165, 1.54) is 0 Å². The average molecular weight is 566 g/mol. The normalized spacial score (nSPS) is 11.6. The van der Waals surface area contributed by atoms with Gasteiger partial charge < -0.3 is 8.83 Å². The molecule has 0 aliphatic rings. The molecule has 0 aliphatic heterocycles. The predicted octanol–water partition coefficient (Wildman–Crippen LogP) is 10.3. The summed E-state index contributed by atoms with van der Waals surface area (Å²) >= 11 is 0. The van der Waals surface area contributed by atoms with Gasteiger partial charge in [-0.1, -0.05) is 109 Å². The summed E-state index contributed by atoms with van der Waals surface area (Å²) < 4.78 is 12.9. The number of furan rings is 2. The van der Waals surface area contributed by atoms with Gasteiger partial charge in [0.2, 0.25) is 0 Å². The minimum Gasteiger partial charge on any atom is -0.455 e. The molecule has 0 saturated carbocycles. The minimum atomic E-state index is 0.548. The fraction of sp³-hybridized carbons (Fsp3) is 0. The number of aromatic nitrogens is 3. The third kappa shape index (κ3) is 3.83. The van der Waals surface area contributed by atoms with E-state index in [0.717, 1.165) is 71.7 Å². The Balaban J connectivity index is 1.35. The minimum absolute atomic E-state index is 0.548. The summed E-state index contributed by atoms with van der Waals surface area (Å²) in [5.41, 5.74) is 7.90. The van der Waals surface area contributed by atoms with E-state index in [2.05, 4.69) is 42.5 Å². The lowest BCUT2D eigenvalue weighted by molar-refractivity contribution is 0.669. The van der Waals surface area contributed by atoms with Gasteiger partial charge in [-0.2, -0.15) is 0 Å². The second kappa shape index (κ2) is 9.75. The Labute approximate surface area is 252 Å². The first-order valence-corrected chi connectivity index (χ1v) is 14.5. The van der Waals surface area contributed by atoms with Crippen molar-refractivity contribution in [3.05, 3.63) is 140 Å². The molecule has 5 nitrogen and oxygen atoms in total. The van der Waals surface area contributed by atoms with Crippen LogP contribution in [0.4, 0.5) is 0 Å². The first kappa shape index (κ1) is 24.5.